The number of hydrogen-bond acceptors (Lipinski definition) is 5. The van der Waals surface area contributed by atoms with E-state index in [1.54, 1.807) is 0 Å². The van der Waals surface area contributed by atoms with Gasteiger partial charge in [-0.3, -0.25) is 9.69 Å². The molecule has 0 atom stereocenters. The summed E-state index contributed by atoms with van der Waals surface area (Å²) < 4.78 is 8.46. The van der Waals surface area contributed by atoms with Crippen molar-refractivity contribution in [3.05, 3.63) is 53.6 Å². The second-order valence-corrected chi connectivity index (χ2v) is 6.76. The maximum atomic E-state index is 12.4. The maximum absolute atomic E-state index is 12.4. The quantitative estimate of drug-likeness (QED) is 0.795. The largest absolute Gasteiger partial charge is 0.323 e. The monoisotopic (exact) mass is 338 g/mol. The van der Waals surface area contributed by atoms with Gasteiger partial charge in [-0.15, -0.1) is 0 Å². The smallest absolute Gasteiger partial charge is 0.238 e. The highest BCUT2D eigenvalue weighted by Crippen LogP contribution is 2.25. The number of likely N-dealkylation sites (N-methyl/N-ethyl adjacent to an activating group) is 1. The molecule has 1 N–H and O–H groups in total. The van der Waals surface area contributed by atoms with Crippen LogP contribution in [-0.4, -0.2) is 39.2 Å². The molecule has 0 saturated heterocycles. The average Bonchev–Trinajstić information content (AvgIpc) is 3.21. The summed E-state index contributed by atoms with van der Waals surface area (Å²) in [6.45, 7) is 0.368. The number of benzene rings is 2. The van der Waals surface area contributed by atoms with Crippen LogP contribution in [0.25, 0.3) is 11.0 Å². The van der Waals surface area contributed by atoms with Gasteiger partial charge in [0.2, 0.25) is 5.91 Å². The van der Waals surface area contributed by atoms with Crippen LogP contribution in [-0.2, 0) is 17.6 Å². The SMILES string of the molecule is CN(CC(=O)Nc1cccc2nsnc12)C1Cc2ccccc2C1. The third-order valence-corrected chi connectivity index (χ3v) is 5.15. The number of aromatic nitrogens is 2. The zero-order chi connectivity index (χ0) is 16.5. The Morgan fingerprint density at radius 1 is 1.17 bits per heavy atom. The van der Waals surface area contributed by atoms with E-state index in [4.69, 9.17) is 0 Å². The minimum atomic E-state index is -0.0195. The van der Waals surface area contributed by atoms with Crippen LogP contribution < -0.4 is 5.32 Å². The van der Waals surface area contributed by atoms with Gasteiger partial charge in [0.25, 0.3) is 0 Å². The molecular formula is C18H18N4OS. The molecule has 1 aliphatic rings. The third kappa shape index (κ3) is 2.90. The van der Waals surface area contributed by atoms with Crippen molar-refractivity contribution in [1.29, 1.82) is 0 Å². The molecule has 24 heavy (non-hydrogen) atoms. The Morgan fingerprint density at radius 2 is 1.92 bits per heavy atom. The van der Waals surface area contributed by atoms with E-state index in [-0.39, 0.29) is 5.91 Å². The molecule has 6 heteroatoms. The first kappa shape index (κ1) is 15.2. The van der Waals surface area contributed by atoms with E-state index in [0.717, 1.165) is 41.3 Å². The van der Waals surface area contributed by atoms with Crippen molar-refractivity contribution < 1.29 is 4.79 Å². The highest BCUT2D eigenvalue weighted by atomic mass is 32.1. The first-order valence-corrected chi connectivity index (χ1v) is 8.72. The highest BCUT2D eigenvalue weighted by Gasteiger charge is 2.25. The summed E-state index contributed by atoms with van der Waals surface area (Å²) in [7, 11) is 2.01. The van der Waals surface area contributed by atoms with E-state index in [0.29, 0.717) is 12.6 Å². The van der Waals surface area contributed by atoms with E-state index in [9.17, 15) is 4.79 Å². The highest BCUT2D eigenvalue weighted by molar-refractivity contribution is 7.00. The fourth-order valence-electron chi connectivity index (χ4n) is 3.30. The van der Waals surface area contributed by atoms with Gasteiger partial charge in [-0.2, -0.15) is 8.75 Å². The number of fused-ring (bicyclic) bond motifs is 2. The number of carbonyl (C=O) groups is 1. The molecule has 1 aromatic heterocycles. The van der Waals surface area contributed by atoms with Crippen molar-refractivity contribution in [3.8, 4) is 0 Å². The Hall–Kier alpha value is -2.31. The first-order chi connectivity index (χ1) is 11.7. The van der Waals surface area contributed by atoms with E-state index in [2.05, 4.69) is 43.2 Å². The summed E-state index contributed by atoms with van der Waals surface area (Å²) in [4.78, 5) is 14.6. The molecule has 122 valence electrons. The lowest BCUT2D eigenvalue weighted by Crippen LogP contribution is -2.38. The summed E-state index contributed by atoms with van der Waals surface area (Å²) in [5.74, 6) is -0.0195. The number of carbonyl (C=O) groups excluding carboxylic acids is 1. The van der Waals surface area contributed by atoms with Crippen molar-refractivity contribution in [3.63, 3.8) is 0 Å². The van der Waals surface area contributed by atoms with Crippen LogP contribution in [0.2, 0.25) is 0 Å². The van der Waals surface area contributed by atoms with Crippen LogP contribution in [0.4, 0.5) is 5.69 Å². The zero-order valence-corrected chi connectivity index (χ0v) is 14.2. The molecule has 0 saturated carbocycles. The zero-order valence-electron chi connectivity index (χ0n) is 13.4. The number of rotatable bonds is 4. The maximum Gasteiger partial charge on any atom is 0.238 e. The van der Waals surface area contributed by atoms with Crippen molar-refractivity contribution in [2.24, 2.45) is 0 Å². The molecule has 5 nitrogen and oxygen atoms in total. The van der Waals surface area contributed by atoms with Gasteiger partial charge in [-0.1, -0.05) is 30.3 Å². The number of anilines is 1. The summed E-state index contributed by atoms with van der Waals surface area (Å²) in [6, 6.07) is 14.6. The van der Waals surface area contributed by atoms with Gasteiger partial charge < -0.3 is 5.32 Å². The van der Waals surface area contributed by atoms with Crippen molar-refractivity contribution in [1.82, 2.24) is 13.6 Å². The molecule has 0 radical (unpaired) electrons. The normalized spacial score (nSPS) is 14.2. The lowest BCUT2D eigenvalue weighted by molar-refractivity contribution is -0.117. The van der Waals surface area contributed by atoms with Crippen LogP contribution in [0.3, 0.4) is 0 Å². The summed E-state index contributed by atoms with van der Waals surface area (Å²) in [6.07, 6.45) is 2.01. The lowest BCUT2D eigenvalue weighted by atomic mass is 10.1. The molecule has 2 aromatic carbocycles. The Labute approximate surface area is 144 Å². The summed E-state index contributed by atoms with van der Waals surface area (Å²) in [5.41, 5.74) is 5.10. The molecule has 1 heterocycles. The Bertz CT molecular complexity index is 866. The van der Waals surface area contributed by atoms with Gasteiger partial charge in [-0.05, 0) is 43.1 Å². The molecule has 0 unspecified atom stereocenters. The molecule has 1 amide bonds. The molecule has 3 aromatic rings. The van der Waals surface area contributed by atoms with Crippen molar-refractivity contribution >= 4 is 34.4 Å². The van der Waals surface area contributed by atoms with Gasteiger partial charge in [0.1, 0.15) is 11.0 Å². The van der Waals surface area contributed by atoms with Crippen LogP contribution in [0.15, 0.2) is 42.5 Å². The number of nitrogens with one attached hydrogen (secondary N) is 1. The average molecular weight is 338 g/mol. The van der Waals surface area contributed by atoms with Gasteiger partial charge in [0.05, 0.1) is 24.0 Å². The number of nitrogens with zero attached hydrogens (tertiary/aromatic N) is 3. The molecule has 1 aliphatic carbocycles. The van der Waals surface area contributed by atoms with Crippen LogP contribution in [0.1, 0.15) is 11.1 Å². The van der Waals surface area contributed by atoms with Crippen LogP contribution >= 0.6 is 11.7 Å². The minimum absolute atomic E-state index is 0.0195. The predicted molar refractivity (Wildman–Crippen MR) is 96.3 cm³/mol. The Morgan fingerprint density at radius 3 is 2.67 bits per heavy atom. The first-order valence-electron chi connectivity index (χ1n) is 7.99. The molecule has 4 rings (SSSR count). The number of amides is 1. The Kier molecular flexibility index (Phi) is 4.00. The molecule has 0 bridgehead atoms. The fraction of sp³-hybridized carbons (Fsp3) is 0.278. The topological polar surface area (TPSA) is 58.1 Å². The van der Waals surface area contributed by atoms with E-state index >= 15 is 0 Å². The molecule has 0 aliphatic heterocycles. The second-order valence-electron chi connectivity index (χ2n) is 6.23. The molecule has 0 spiro atoms. The van der Waals surface area contributed by atoms with Gasteiger partial charge in [0.15, 0.2) is 0 Å². The predicted octanol–water partition coefficient (Wildman–Crippen LogP) is 2.73. The molecule has 0 fully saturated rings. The summed E-state index contributed by atoms with van der Waals surface area (Å²) >= 11 is 1.16. The standard InChI is InChI=1S/C18H18N4OS/c1-22(14-9-12-5-2-3-6-13(12)10-14)11-17(23)19-15-7-4-8-16-18(15)21-24-20-16/h2-8,14H,9-11H2,1H3,(H,19,23). The van der Waals surface area contributed by atoms with Gasteiger partial charge >= 0.3 is 0 Å². The van der Waals surface area contributed by atoms with Crippen LogP contribution in [0, 0.1) is 0 Å². The third-order valence-electron chi connectivity index (χ3n) is 4.61. The lowest BCUT2D eigenvalue weighted by Gasteiger charge is -2.23. The van der Waals surface area contributed by atoms with Crippen molar-refractivity contribution in [2.75, 3.05) is 18.9 Å². The van der Waals surface area contributed by atoms with Crippen LogP contribution in [0.5, 0.6) is 0 Å². The van der Waals surface area contributed by atoms with Crippen molar-refractivity contribution in [2.45, 2.75) is 18.9 Å². The molecular weight excluding hydrogens is 320 g/mol. The summed E-state index contributed by atoms with van der Waals surface area (Å²) in [5, 5.41) is 2.97. The fourth-order valence-corrected chi connectivity index (χ4v) is 3.85. The second kappa shape index (κ2) is 6.30. The van der Waals surface area contributed by atoms with E-state index in [1.165, 1.54) is 11.1 Å². The van der Waals surface area contributed by atoms with Gasteiger partial charge in [-0.25, -0.2) is 0 Å². The number of hydrogen-bond donors (Lipinski definition) is 1. The Balaban J connectivity index is 1.41. The minimum Gasteiger partial charge on any atom is -0.323 e. The van der Waals surface area contributed by atoms with Gasteiger partial charge in [0, 0.05) is 6.04 Å². The van der Waals surface area contributed by atoms with E-state index < -0.39 is 0 Å². The van der Waals surface area contributed by atoms with E-state index in [1.807, 2.05) is 25.2 Å².